The molecular weight excluding hydrogens is 194 g/mol. The van der Waals surface area contributed by atoms with E-state index in [1.807, 2.05) is 29.7 Å². The molecule has 0 radical (unpaired) electrons. The van der Waals surface area contributed by atoms with Crippen LogP contribution in [0.5, 0.6) is 0 Å². The monoisotopic (exact) mass is 201 g/mol. The highest BCUT2D eigenvalue weighted by atomic mass is 32.1. The topological polar surface area (TPSA) is 37.6 Å². The van der Waals surface area contributed by atoms with Crippen molar-refractivity contribution in [3.05, 3.63) is 40.9 Å². The predicted molar refractivity (Wildman–Crippen MR) is 58.2 cm³/mol. The van der Waals surface area contributed by atoms with Gasteiger partial charge in [-0.1, -0.05) is 18.2 Å². The van der Waals surface area contributed by atoms with E-state index in [1.165, 1.54) is 0 Å². The Labute approximate surface area is 85.2 Å². The van der Waals surface area contributed by atoms with Crippen molar-refractivity contribution < 1.29 is 0 Å². The van der Waals surface area contributed by atoms with Gasteiger partial charge in [-0.2, -0.15) is 0 Å². The number of rotatable bonds is 1. The Morgan fingerprint density at radius 1 is 1.29 bits per heavy atom. The van der Waals surface area contributed by atoms with Crippen molar-refractivity contribution in [3.8, 4) is 0 Å². The molecule has 0 spiro atoms. The highest BCUT2D eigenvalue weighted by molar-refractivity contribution is 7.07. The van der Waals surface area contributed by atoms with Crippen molar-refractivity contribution in [2.75, 3.05) is 0 Å². The zero-order valence-corrected chi connectivity index (χ0v) is 8.11. The van der Waals surface area contributed by atoms with Gasteiger partial charge in [0.25, 0.3) is 0 Å². The summed E-state index contributed by atoms with van der Waals surface area (Å²) in [6.07, 6.45) is 8.01. The van der Waals surface area contributed by atoms with E-state index >= 15 is 0 Å². The lowest BCUT2D eigenvalue weighted by atomic mass is 10.1. The van der Waals surface area contributed by atoms with Crippen LogP contribution in [0.15, 0.2) is 45.2 Å². The second kappa shape index (κ2) is 2.99. The molecule has 1 aliphatic heterocycles. The molecule has 14 heavy (non-hydrogen) atoms. The fourth-order valence-corrected chi connectivity index (χ4v) is 1.99. The average Bonchev–Trinajstić information content (AvgIpc) is 2.86. The molecular formula is C10H7N3S. The van der Waals surface area contributed by atoms with Crippen LogP contribution in [0.2, 0.25) is 0 Å². The third-order valence-electron chi connectivity index (χ3n) is 2.13. The zero-order chi connectivity index (χ0) is 9.38. The van der Waals surface area contributed by atoms with Crippen molar-refractivity contribution in [3.63, 3.8) is 0 Å². The summed E-state index contributed by atoms with van der Waals surface area (Å²) in [5.74, 6) is 0.752. The van der Waals surface area contributed by atoms with Crippen LogP contribution in [-0.4, -0.2) is 22.6 Å². The van der Waals surface area contributed by atoms with Crippen molar-refractivity contribution in [1.82, 2.24) is 4.98 Å². The maximum atomic E-state index is 4.47. The van der Waals surface area contributed by atoms with Gasteiger partial charge in [-0.15, -0.1) is 11.3 Å². The van der Waals surface area contributed by atoms with Gasteiger partial charge in [0, 0.05) is 5.38 Å². The molecule has 0 saturated carbocycles. The number of nitrogens with zero attached hydrogens (tertiary/aromatic N) is 3. The number of allylic oxidation sites excluding steroid dienone is 2. The number of aromatic nitrogens is 1. The molecule has 0 unspecified atom stereocenters. The van der Waals surface area contributed by atoms with Crippen molar-refractivity contribution >= 4 is 22.9 Å². The molecule has 0 saturated heterocycles. The summed E-state index contributed by atoms with van der Waals surface area (Å²) in [6, 6.07) is 0.108. The Kier molecular flexibility index (Phi) is 1.67. The molecule has 0 aromatic carbocycles. The molecule has 0 amide bonds. The second-order valence-corrected chi connectivity index (χ2v) is 3.77. The van der Waals surface area contributed by atoms with Crippen molar-refractivity contribution in [1.29, 1.82) is 0 Å². The van der Waals surface area contributed by atoms with Crippen LogP contribution in [0.25, 0.3) is 0 Å². The Balaban J connectivity index is 2.02. The summed E-state index contributed by atoms with van der Waals surface area (Å²) in [6.45, 7) is 0. The molecule has 3 rings (SSSR count). The fraction of sp³-hybridized carbons (Fsp3) is 0.100. The van der Waals surface area contributed by atoms with Gasteiger partial charge < -0.3 is 0 Å². The van der Waals surface area contributed by atoms with Gasteiger partial charge in [0.05, 0.1) is 11.2 Å². The molecule has 0 bridgehead atoms. The lowest BCUT2D eigenvalue weighted by Gasteiger charge is -2.02. The molecule has 1 aromatic rings. The minimum absolute atomic E-state index is 0.108. The second-order valence-electron chi connectivity index (χ2n) is 3.05. The lowest BCUT2D eigenvalue weighted by molar-refractivity contribution is 1.10. The quantitative estimate of drug-likeness (QED) is 0.683. The number of hydrogen-bond acceptors (Lipinski definition) is 4. The average molecular weight is 201 g/mol. The normalized spacial score (nSPS) is 23.3. The molecule has 1 aromatic heterocycles. The van der Waals surface area contributed by atoms with Crippen molar-refractivity contribution in [2.24, 2.45) is 9.98 Å². The molecule has 1 atom stereocenters. The van der Waals surface area contributed by atoms with Gasteiger partial charge >= 0.3 is 0 Å². The number of aliphatic imine (C=N–C) groups is 2. The Bertz CT molecular complexity index is 466. The number of amidine groups is 1. The SMILES string of the molecule is C1=CC2=NC(c3cscn3)=N[C@@H]2C=C1. The van der Waals surface area contributed by atoms with E-state index in [2.05, 4.69) is 15.0 Å². The third kappa shape index (κ3) is 1.15. The first-order valence-corrected chi connectivity index (χ1v) is 5.27. The summed E-state index contributed by atoms with van der Waals surface area (Å²) in [5.41, 5.74) is 3.68. The molecule has 0 fully saturated rings. The van der Waals surface area contributed by atoms with E-state index < -0.39 is 0 Å². The largest absolute Gasteiger partial charge is 0.251 e. The highest BCUT2D eigenvalue weighted by Gasteiger charge is 2.21. The molecule has 3 nitrogen and oxygen atoms in total. The number of hydrogen-bond donors (Lipinski definition) is 0. The molecule has 2 aliphatic rings. The summed E-state index contributed by atoms with van der Waals surface area (Å²) in [7, 11) is 0. The molecule has 4 heteroatoms. The first-order chi connectivity index (χ1) is 6.93. The van der Waals surface area contributed by atoms with Crippen LogP contribution in [0.1, 0.15) is 5.69 Å². The highest BCUT2D eigenvalue weighted by Crippen LogP contribution is 2.16. The molecule has 68 valence electrons. The molecule has 2 heterocycles. The van der Waals surface area contributed by atoms with Gasteiger partial charge in [0.15, 0.2) is 5.84 Å². The van der Waals surface area contributed by atoms with Crippen LogP contribution in [0, 0.1) is 0 Å². The van der Waals surface area contributed by atoms with Gasteiger partial charge in [0.1, 0.15) is 11.7 Å². The third-order valence-corrected chi connectivity index (χ3v) is 2.72. The van der Waals surface area contributed by atoms with E-state index in [-0.39, 0.29) is 6.04 Å². The summed E-state index contributed by atoms with van der Waals surface area (Å²) < 4.78 is 0. The van der Waals surface area contributed by atoms with Crippen LogP contribution >= 0.6 is 11.3 Å². The number of thiazole rings is 1. The van der Waals surface area contributed by atoms with E-state index in [0.717, 1.165) is 17.2 Å². The van der Waals surface area contributed by atoms with E-state index in [0.29, 0.717) is 0 Å². The maximum Gasteiger partial charge on any atom is 0.175 e. The first kappa shape index (κ1) is 7.82. The Hall–Kier alpha value is -1.55. The minimum Gasteiger partial charge on any atom is -0.251 e. The molecule has 0 N–H and O–H groups in total. The fourth-order valence-electron chi connectivity index (χ4n) is 1.46. The van der Waals surface area contributed by atoms with Crippen LogP contribution in [-0.2, 0) is 0 Å². The van der Waals surface area contributed by atoms with Crippen LogP contribution < -0.4 is 0 Å². The summed E-state index contributed by atoms with van der Waals surface area (Å²) in [5, 5.41) is 1.97. The van der Waals surface area contributed by atoms with Crippen LogP contribution in [0.3, 0.4) is 0 Å². The van der Waals surface area contributed by atoms with Gasteiger partial charge in [-0.05, 0) is 6.08 Å². The Morgan fingerprint density at radius 2 is 2.29 bits per heavy atom. The van der Waals surface area contributed by atoms with Gasteiger partial charge in [-0.25, -0.2) is 9.98 Å². The first-order valence-electron chi connectivity index (χ1n) is 4.33. The van der Waals surface area contributed by atoms with E-state index in [9.17, 15) is 0 Å². The lowest BCUT2D eigenvalue weighted by Crippen LogP contribution is -2.11. The summed E-state index contributed by atoms with van der Waals surface area (Å²) >= 11 is 1.56. The standard InChI is InChI=1S/C10H7N3S/c1-2-4-8-7(3-1)12-10(13-8)9-5-14-6-11-9/h1-7H/t7-/m1/s1. The number of fused-ring (bicyclic) bond motifs is 1. The van der Waals surface area contributed by atoms with E-state index in [4.69, 9.17) is 0 Å². The Morgan fingerprint density at radius 3 is 3.07 bits per heavy atom. The van der Waals surface area contributed by atoms with E-state index in [1.54, 1.807) is 16.8 Å². The molecule has 1 aliphatic carbocycles. The van der Waals surface area contributed by atoms with Crippen LogP contribution in [0.4, 0.5) is 0 Å². The maximum absolute atomic E-state index is 4.47. The summed E-state index contributed by atoms with van der Waals surface area (Å²) in [4.78, 5) is 13.1. The van der Waals surface area contributed by atoms with Gasteiger partial charge in [0.2, 0.25) is 0 Å². The smallest absolute Gasteiger partial charge is 0.175 e. The predicted octanol–water partition coefficient (Wildman–Crippen LogP) is 1.84. The van der Waals surface area contributed by atoms with Crippen molar-refractivity contribution in [2.45, 2.75) is 6.04 Å². The van der Waals surface area contributed by atoms with Gasteiger partial charge in [-0.3, -0.25) is 4.99 Å². The zero-order valence-electron chi connectivity index (χ0n) is 7.29. The minimum atomic E-state index is 0.108.